The fourth-order valence-corrected chi connectivity index (χ4v) is 3.38. The third-order valence-corrected chi connectivity index (χ3v) is 4.83. The van der Waals surface area contributed by atoms with Gasteiger partial charge in [0.1, 0.15) is 0 Å². The SMILES string of the molecule is O=C(Nc1ccc(C(F)(F)F)cc1)N1CCCCC1c1cccc(C(F)(F)F)c1. The molecule has 0 saturated carbocycles. The first-order chi connectivity index (χ1) is 13.6. The van der Waals surface area contributed by atoms with E-state index in [1.165, 1.54) is 11.0 Å². The first-order valence-electron chi connectivity index (χ1n) is 8.98. The third-order valence-electron chi connectivity index (χ3n) is 4.83. The molecule has 2 aromatic rings. The summed E-state index contributed by atoms with van der Waals surface area (Å²) in [6.45, 7) is 0.341. The van der Waals surface area contributed by atoms with Gasteiger partial charge in [-0.25, -0.2) is 4.79 Å². The second-order valence-corrected chi connectivity index (χ2v) is 6.83. The third kappa shape index (κ3) is 5.02. The van der Waals surface area contributed by atoms with Gasteiger partial charge in [0, 0.05) is 12.2 Å². The Hall–Kier alpha value is -2.71. The van der Waals surface area contributed by atoms with Gasteiger partial charge in [-0.15, -0.1) is 0 Å². The van der Waals surface area contributed by atoms with Crippen molar-refractivity contribution in [3.8, 4) is 0 Å². The van der Waals surface area contributed by atoms with Crippen LogP contribution >= 0.6 is 0 Å². The number of anilines is 1. The number of nitrogens with one attached hydrogen (secondary N) is 1. The van der Waals surface area contributed by atoms with Crippen LogP contribution in [0.4, 0.5) is 36.8 Å². The predicted molar refractivity (Wildman–Crippen MR) is 95.2 cm³/mol. The largest absolute Gasteiger partial charge is 0.416 e. The van der Waals surface area contributed by atoms with Gasteiger partial charge < -0.3 is 10.2 Å². The number of carbonyl (C=O) groups excluding carboxylic acids is 1. The summed E-state index contributed by atoms with van der Waals surface area (Å²) < 4.78 is 77.0. The number of piperidine rings is 1. The molecule has 3 nitrogen and oxygen atoms in total. The number of urea groups is 1. The van der Waals surface area contributed by atoms with Crippen LogP contribution in [-0.4, -0.2) is 17.5 Å². The number of amides is 2. The number of nitrogens with zero attached hydrogens (tertiary/aromatic N) is 1. The van der Waals surface area contributed by atoms with E-state index in [4.69, 9.17) is 0 Å². The molecule has 1 aliphatic heterocycles. The molecule has 1 saturated heterocycles. The summed E-state index contributed by atoms with van der Waals surface area (Å²) >= 11 is 0. The molecule has 3 rings (SSSR count). The molecule has 1 unspecified atom stereocenters. The lowest BCUT2D eigenvalue weighted by Gasteiger charge is -2.36. The molecule has 1 atom stereocenters. The Bertz CT molecular complexity index is 861. The highest BCUT2D eigenvalue weighted by molar-refractivity contribution is 5.89. The second kappa shape index (κ2) is 7.96. The van der Waals surface area contributed by atoms with Crippen LogP contribution in [0.1, 0.15) is 42.0 Å². The Morgan fingerprint density at radius 2 is 1.55 bits per heavy atom. The van der Waals surface area contributed by atoms with Gasteiger partial charge in [-0.05, 0) is 61.2 Å². The van der Waals surface area contributed by atoms with E-state index in [0.29, 0.717) is 24.9 Å². The fraction of sp³-hybridized carbons (Fsp3) is 0.350. The monoisotopic (exact) mass is 416 g/mol. The molecule has 156 valence electrons. The molecule has 29 heavy (non-hydrogen) atoms. The first-order valence-corrected chi connectivity index (χ1v) is 8.98. The highest BCUT2D eigenvalue weighted by atomic mass is 19.4. The molecule has 0 aliphatic carbocycles. The Morgan fingerprint density at radius 3 is 2.17 bits per heavy atom. The molecule has 2 aromatic carbocycles. The van der Waals surface area contributed by atoms with Crippen molar-refractivity contribution < 1.29 is 31.1 Å². The van der Waals surface area contributed by atoms with Crippen molar-refractivity contribution in [3.63, 3.8) is 0 Å². The Morgan fingerprint density at radius 1 is 0.897 bits per heavy atom. The minimum atomic E-state index is -4.49. The zero-order valence-electron chi connectivity index (χ0n) is 15.1. The Labute approximate surface area is 163 Å². The number of carbonyl (C=O) groups is 1. The fourth-order valence-electron chi connectivity index (χ4n) is 3.38. The van der Waals surface area contributed by atoms with Crippen molar-refractivity contribution in [2.75, 3.05) is 11.9 Å². The number of benzene rings is 2. The van der Waals surface area contributed by atoms with Crippen molar-refractivity contribution in [1.82, 2.24) is 4.90 Å². The van der Waals surface area contributed by atoms with Crippen LogP contribution in [0.5, 0.6) is 0 Å². The van der Waals surface area contributed by atoms with Crippen molar-refractivity contribution in [1.29, 1.82) is 0 Å². The summed E-state index contributed by atoms with van der Waals surface area (Å²) in [5.41, 5.74) is -1.07. The standard InChI is InChI=1S/C20H18F6N2O/c21-19(22,23)14-7-9-16(10-8-14)27-18(29)28-11-2-1-6-17(28)13-4-3-5-15(12-13)20(24,25)26/h3-5,7-10,12,17H,1-2,6,11H2,(H,27,29). The molecular weight excluding hydrogens is 398 g/mol. The molecule has 2 amide bonds. The van der Waals surface area contributed by atoms with Gasteiger partial charge in [-0.3, -0.25) is 0 Å². The van der Waals surface area contributed by atoms with Gasteiger partial charge in [0.25, 0.3) is 0 Å². The normalized spacial score (nSPS) is 17.9. The van der Waals surface area contributed by atoms with Crippen LogP contribution in [0, 0.1) is 0 Å². The lowest BCUT2D eigenvalue weighted by atomic mass is 9.94. The van der Waals surface area contributed by atoms with E-state index in [1.54, 1.807) is 6.07 Å². The summed E-state index contributed by atoms with van der Waals surface area (Å²) in [4.78, 5) is 14.1. The summed E-state index contributed by atoms with van der Waals surface area (Å²) in [5, 5.41) is 2.53. The topological polar surface area (TPSA) is 32.3 Å². The Balaban J connectivity index is 1.78. The van der Waals surface area contributed by atoms with E-state index in [-0.39, 0.29) is 5.69 Å². The highest BCUT2D eigenvalue weighted by Crippen LogP contribution is 2.36. The van der Waals surface area contributed by atoms with Gasteiger partial charge in [-0.2, -0.15) is 26.3 Å². The average molecular weight is 416 g/mol. The molecule has 1 fully saturated rings. The Kier molecular flexibility index (Phi) is 5.77. The van der Waals surface area contributed by atoms with Crippen molar-refractivity contribution in [2.24, 2.45) is 0 Å². The minimum absolute atomic E-state index is 0.177. The van der Waals surface area contributed by atoms with E-state index in [0.717, 1.165) is 42.8 Å². The van der Waals surface area contributed by atoms with E-state index < -0.39 is 35.6 Å². The zero-order chi connectivity index (χ0) is 21.2. The summed E-state index contributed by atoms with van der Waals surface area (Å²) in [6.07, 6.45) is -7.02. The summed E-state index contributed by atoms with van der Waals surface area (Å²) in [5.74, 6) is 0. The van der Waals surface area contributed by atoms with E-state index in [1.807, 2.05) is 0 Å². The van der Waals surface area contributed by atoms with Gasteiger partial charge in [0.15, 0.2) is 0 Å². The summed E-state index contributed by atoms with van der Waals surface area (Å²) in [6, 6.07) is 7.75. The van der Waals surface area contributed by atoms with Crippen LogP contribution < -0.4 is 5.32 Å². The molecule has 0 spiro atoms. The van der Waals surface area contributed by atoms with Gasteiger partial charge in [-0.1, -0.05) is 12.1 Å². The number of hydrogen-bond acceptors (Lipinski definition) is 1. The highest BCUT2D eigenvalue weighted by Gasteiger charge is 2.34. The predicted octanol–water partition coefficient (Wildman–Crippen LogP) is 6.48. The number of likely N-dealkylation sites (tertiary alicyclic amines) is 1. The van der Waals surface area contributed by atoms with Crippen LogP contribution in [-0.2, 0) is 12.4 Å². The lowest BCUT2D eigenvalue weighted by molar-refractivity contribution is -0.138. The molecule has 1 aliphatic rings. The molecule has 0 bridgehead atoms. The average Bonchev–Trinajstić information content (AvgIpc) is 2.67. The van der Waals surface area contributed by atoms with Crippen LogP contribution in [0.3, 0.4) is 0 Å². The number of halogens is 6. The zero-order valence-corrected chi connectivity index (χ0v) is 15.1. The van der Waals surface area contributed by atoms with E-state index in [9.17, 15) is 31.1 Å². The number of rotatable bonds is 2. The lowest BCUT2D eigenvalue weighted by Crippen LogP contribution is -2.41. The molecule has 0 radical (unpaired) electrons. The van der Waals surface area contributed by atoms with Gasteiger partial charge >= 0.3 is 18.4 Å². The molecule has 0 aromatic heterocycles. The van der Waals surface area contributed by atoms with Gasteiger partial charge in [0.2, 0.25) is 0 Å². The van der Waals surface area contributed by atoms with Crippen LogP contribution in [0.15, 0.2) is 48.5 Å². The van der Waals surface area contributed by atoms with E-state index >= 15 is 0 Å². The number of hydrogen-bond donors (Lipinski definition) is 1. The summed E-state index contributed by atoms with van der Waals surface area (Å²) in [7, 11) is 0. The quantitative estimate of drug-likeness (QED) is 0.558. The van der Waals surface area contributed by atoms with Crippen molar-refractivity contribution >= 4 is 11.7 Å². The smallest absolute Gasteiger partial charge is 0.317 e. The maximum absolute atomic E-state index is 13.0. The maximum atomic E-state index is 13.0. The molecule has 9 heteroatoms. The van der Waals surface area contributed by atoms with Crippen molar-refractivity contribution in [2.45, 2.75) is 37.7 Å². The van der Waals surface area contributed by atoms with Crippen LogP contribution in [0.2, 0.25) is 0 Å². The van der Waals surface area contributed by atoms with Crippen LogP contribution in [0.25, 0.3) is 0 Å². The van der Waals surface area contributed by atoms with Crippen molar-refractivity contribution in [3.05, 3.63) is 65.2 Å². The van der Waals surface area contributed by atoms with Gasteiger partial charge in [0.05, 0.1) is 17.2 Å². The van der Waals surface area contributed by atoms with E-state index in [2.05, 4.69) is 5.32 Å². The molecule has 1 heterocycles. The maximum Gasteiger partial charge on any atom is 0.416 e. The first kappa shape index (κ1) is 21.0. The second-order valence-electron chi connectivity index (χ2n) is 6.83. The minimum Gasteiger partial charge on any atom is -0.317 e. The number of alkyl halides is 6. The molecule has 1 N–H and O–H groups in total. The molecular formula is C20H18F6N2O.